The first-order chi connectivity index (χ1) is 7.11. The number of aliphatic imine (C=N–C) groups is 1. The normalized spacial score (nSPS) is 25.7. The molecule has 0 aliphatic carbocycles. The van der Waals surface area contributed by atoms with Crippen molar-refractivity contribution in [2.45, 2.75) is 46.6 Å². The Balaban J connectivity index is 2.17. The lowest BCUT2D eigenvalue weighted by atomic mass is 9.85. The van der Waals surface area contributed by atoms with E-state index < -0.39 is 0 Å². The minimum absolute atomic E-state index is 0.589. The SMILES string of the molecule is CC(C)C1=CN=C2C1CCCN2C(C)C. The molecule has 0 N–H and O–H groups in total. The minimum Gasteiger partial charge on any atom is -0.357 e. The largest absolute Gasteiger partial charge is 0.357 e. The quantitative estimate of drug-likeness (QED) is 0.678. The van der Waals surface area contributed by atoms with Gasteiger partial charge < -0.3 is 4.90 Å². The van der Waals surface area contributed by atoms with Crippen molar-refractivity contribution in [2.75, 3.05) is 6.54 Å². The van der Waals surface area contributed by atoms with Gasteiger partial charge in [0.2, 0.25) is 0 Å². The number of fused-ring (bicyclic) bond motifs is 1. The first-order valence-electron chi connectivity index (χ1n) is 6.15. The Labute approximate surface area is 93.1 Å². The molecule has 2 nitrogen and oxygen atoms in total. The smallest absolute Gasteiger partial charge is 0.112 e. The van der Waals surface area contributed by atoms with E-state index in [1.54, 1.807) is 0 Å². The van der Waals surface area contributed by atoms with Crippen LogP contribution >= 0.6 is 0 Å². The van der Waals surface area contributed by atoms with E-state index in [1.807, 2.05) is 0 Å². The zero-order valence-electron chi connectivity index (χ0n) is 10.3. The minimum atomic E-state index is 0.589. The van der Waals surface area contributed by atoms with Crippen LogP contribution in [0.5, 0.6) is 0 Å². The van der Waals surface area contributed by atoms with Gasteiger partial charge in [-0.3, -0.25) is 0 Å². The van der Waals surface area contributed by atoms with Crippen LogP contribution < -0.4 is 0 Å². The molecular formula is C13H22N2. The van der Waals surface area contributed by atoms with E-state index in [1.165, 1.54) is 30.8 Å². The molecule has 0 saturated carbocycles. The molecule has 84 valence electrons. The van der Waals surface area contributed by atoms with Gasteiger partial charge in [0.15, 0.2) is 0 Å². The summed E-state index contributed by atoms with van der Waals surface area (Å²) in [6, 6.07) is 0.589. The standard InChI is InChI=1S/C13H22N2/c1-9(2)12-8-14-13-11(12)6-5-7-15(13)10(3)4/h8-11H,5-7H2,1-4H3. The molecule has 0 radical (unpaired) electrons. The third-order valence-corrected chi connectivity index (χ3v) is 3.54. The van der Waals surface area contributed by atoms with E-state index in [-0.39, 0.29) is 0 Å². The van der Waals surface area contributed by atoms with Crippen LogP contribution in [0, 0.1) is 11.8 Å². The molecule has 1 fully saturated rings. The Bertz CT molecular complexity index is 300. The van der Waals surface area contributed by atoms with E-state index in [0.717, 1.165) is 0 Å². The van der Waals surface area contributed by atoms with Crippen LogP contribution in [0.25, 0.3) is 0 Å². The Morgan fingerprint density at radius 2 is 2.07 bits per heavy atom. The molecule has 0 aromatic heterocycles. The maximum Gasteiger partial charge on any atom is 0.112 e. The van der Waals surface area contributed by atoms with E-state index >= 15 is 0 Å². The summed E-state index contributed by atoms with van der Waals surface area (Å²) in [5, 5.41) is 0. The number of rotatable bonds is 2. The van der Waals surface area contributed by atoms with Crippen LogP contribution in [0.2, 0.25) is 0 Å². The molecule has 2 rings (SSSR count). The molecule has 0 amide bonds. The molecule has 15 heavy (non-hydrogen) atoms. The van der Waals surface area contributed by atoms with Crippen molar-refractivity contribution in [1.82, 2.24) is 4.90 Å². The lowest BCUT2D eigenvalue weighted by Gasteiger charge is -2.37. The summed E-state index contributed by atoms with van der Waals surface area (Å²) in [5.74, 6) is 2.60. The Morgan fingerprint density at radius 3 is 2.67 bits per heavy atom. The Morgan fingerprint density at radius 1 is 1.33 bits per heavy atom. The highest BCUT2D eigenvalue weighted by atomic mass is 15.2. The molecule has 1 unspecified atom stereocenters. The molecule has 1 saturated heterocycles. The zero-order valence-corrected chi connectivity index (χ0v) is 10.3. The van der Waals surface area contributed by atoms with Crippen LogP contribution in [0.1, 0.15) is 40.5 Å². The van der Waals surface area contributed by atoms with Crippen molar-refractivity contribution < 1.29 is 0 Å². The van der Waals surface area contributed by atoms with Crippen LogP contribution in [0.4, 0.5) is 0 Å². The third-order valence-electron chi connectivity index (χ3n) is 3.54. The first kappa shape index (κ1) is 10.7. The maximum atomic E-state index is 4.64. The molecule has 0 spiro atoms. The monoisotopic (exact) mass is 206 g/mol. The van der Waals surface area contributed by atoms with Crippen molar-refractivity contribution in [3.63, 3.8) is 0 Å². The number of hydrogen-bond donors (Lipinski definition) is 0. The van der Waals surface area contributed by atoms with Crippen LogP contribution in [-0.4, -0.2) is 23.3 Å². The summed E-state index contributed by atoms with van der Waals surface area (Å²) >= 11 is 0. The summed E-state index contributed by atoms with van der Waals surface area (Å²) in [6.45, 7) is 10.3. The van der Waals surface area contributed by atoms with Gasteiger partial charge in [-0.2, -0.15) is 0 Å². The second-order valence-corrected chi connectivity index (χ2v) is 5.25. The molecule has 2 aliphatic heterocycles. The van der Waals surface area contributed by atoms with E-state index in [4.69, 9.17) is 0 Å². The average Bonchev–Trinajstić information content (AvgIpc) is 2.59. The average molecular weight is 206 g/mol. The zero-order chi connectivity index (χ0) is 11.0. The number of hydrogen-bond acceptors (Lipinski definition) is 2. The van der Waals surface area contributed by atoms with Gasteiger partial charge in [0.25, 0.3) is 0 Å². The summed E-state index contributed by atoms with van der Waals surface area (Å²) in [6.07, 6.45) is 4.73. The molecule has 2 heterocycles. The van der Waals surface area contributed by atoms with E-state index in [2.05, 4.69) is 43.8 Å². The molecular weight excluding hydrogens is 184 g/mol. The fraction of sp³-hybridized carbons (Fsp3) is 0.769. The lowest BCUT2D eigenvalue weighted by Crippen LogP contribution is -2.44. The van der Waals surface area contributed by atoms with Crippen molar-refractivity contribution in [1.29, 1.82) is 0 Å². The Hall–Kier alpha value is -0.790. The molecule has 0 bridgehead atoms. The molecule has 0 aromatic rings. The lowest BCUT2D eigenvalue weighted by molar-refractivity contribution is 0.293. The second kappa shape index (κ2) is 3.99. The highest BCUT2D eigenvalue weighted by molar-refractivity contribution is 5.90. The van der Waals surface area contributed by atoms with Gasteiger partial charge in [0, 0.05) is 24.7 Å². The molecule has 1 atom stereocenters. The third kappa shape index (κ3) is 1.82. The summed E-state index contributed by atoms with van der Waals surface area (Å²) in [5.41, 5.74) is 1.54. The van der Waals surface area contributed by atoms with Crippen molar-refractivity contribution in [3.05, 3.63) is 11.8 Å². The second-order valence-electron chi connectivity index (χ2n) is 5.25. The molecule has 0 aromatic carbocycles. The number of amidine groups is 1. The highest BCUT2D eigenvalue weighted by Gasteiger charge is 2.34. The molecule has 2 heteroatoms. The highest BCUT2D eigenvalue weighted by Crippen LogP contribution is 2.35. The van der Waals surface area contributed by atoms with Gasteiger partial charge in [-0.1, -0.05) is 13.8 Å². The number of nitrogens with zero attached hydrogens (tertiary/aromatic N) is 2. The number of likely N-dealkylation sites (tertiary alicyclic amines) is 1. The van der Waals surface area contributed by atoms with Gasteiger partial charge in [-0.05, 0) is 38.2 Å². The summed E-state index contributed by atoms with van der Waals surface area (Å²) in [4.78, 5) is 7.12. The van der Waals surface area contributed by atoms with Crippen molar-refractivity contribution in [2.24, 2.45) is 16.8 Å². The first-order valence-corrected chi connectivity index (χ1v) is 6.15. The number of piperidine rings is 1. The van der Waals surface area contributed by atoms with E-state index in [0.29, 0.717) is 17.9 Å². The van der Waals surface area contributed by atoms with Gasteiger partial charge in [0.05, 0.1) is 0 Å². The van der Waals surface area contributed by atoms with Crippen molar-refractivity contribution >= 4 is 5.84 Å². The Kier molecular flexibility index (Phi) is 2.85. The predicted octanol–water partition coefficient (Wildman–Crippen LogP) is 3.06. The van der Waals surface area contributed by atoms with Gasteiger partial charge in [-0.25, -0.2) is 4.99 Å². The van der Waals surface area contributed by atoms with Crippen LogP contribution in [0.3, 0.4) is 0 Å². The van der Waals surface area contributed by atoms with Crippen LogP contribution in [0.15, 0.2) is 16.8 Å². The summed E-state index contributed by atoms with van der Waals surface area (Å²) < 4.78 is 0. The predicted molar refractivity (Wildman–Crippen MR) is 64.9 cm³/mol. The van der Waals surface area contributed by atoms with Gasteiger partial charge in [0.1, 0.15) is 5.84 Å². The summed E-state index contributed by atoms with van der Waals surface area (Å²) in [7, 11) is 0. The van der Waals surface area contributed by atoms with E-state index in [9.17, 15) is 0 Å². The molecule has 2 aliphatic rings. The van der Waals surface area contributed by atoms with Gasteiger partial charge >= 0.3 is 0 Å². The van der Waals surface area contributed by atoms with Gasteiger partial charge in [-0.15, -0.1) is 0 Å². The fourth-order valence-corrected chi connectivity index (χ4v) is 2.69. The van der Waals surface area contributed by atoms with Crippen molar-refractivity contribution in [3.8, 4) is 0 Å². The van der Waals surface area contributed by atoms with Crippen LogP contribution in [-0.2, 0) is 0 Å². The topological polar surface area (TPSA) is 15.6 Å². The maximum absolute atomic E-state index is 4.64. The fourth-order valence-electron chi connectivity index (χ4n) is 2.69.